The molecule has 0 bridgehead atoms. The number of esters is 1. The first-order valence-electron chi connectivity index (χ1n) is 37.2. The van der Waals surface area contributed by atoms with Crippen LogP contribution in [0.1, 0.15) is 382 Å². The second-order valence-electron chi connectivity index (χ2n) is 37.4. The van der Waals surface area contributed by atoms with Crippen molar-refractivity contribution in [2.75, 3.05) is 0 Å². The molecule has 0 spiro atoms. The lowest BCUT2D eigenvalue weighted by Crippen LogP contribution is -2.27. The van der Waals surface area contributed by atoms with Crippen molar-refractivity contribution in [2.24, 2.45) is 5.92 Å². The van der Waals surface area contributed by atoms with E-state index in [1.807, 2.05) is 0 Å². The van der Waals surface area contributed by atoms with E-state index in [2.05, 4.69) is 242 Å². The summed E-state index contributed by atoms with van der Waals surface area (Å²) in [6.07, 6.45) is 24.1. The molecule has 0 aromatic heterocycles. The lowest BCUT2D eigenvalue weighted by molar-refractivity contribution is -0.139. The molecule has 0 amide bonds. The topological polar surface area (TPSA) is 87.0 Å². The Morgan fingerprint density at radius 2 is 0.543 bits per heavy atom. The molecule has 0 aliphatic carbocycles. The SMILES string of the molecule is CCCCCCCCCCCCCCCCCCC(Cc1cc(C(C)(C)C)c(O)c(C(C)(C)C)c1)C(=O)Oc1c(C(C)(C)C)cc(Cc2c(C)c(Cc3cc(C(C)(C)C)c(O)c(C(C)(C)C)c3)c(C)c(Cc3cc(C(C)(C)C)c(O)c(C(C)(C)C)c3)c2C)cc1C(C)(C)C. The number of carbonyl (C=O) groups excluding carboxylic acids is 1. The Kier molecular flexibility index (Phi) is 26.8. The molecule has 0 saturated heterocycles. The van der Waals surface area contributed by atoms with E-state index < -0.39 is 0 Å². The van der Waals surface area contributed by atoms with Crippen LogP contribution in [-0.2, 0) is 73.8 Å². The summed E-state index contributed by atoms with van der Waals surface area (Å²) in [6, 6.07) is 18.0. The van der Waals surface area contributed by atoms with Crippen molar-refractivity contribution in [3.63, 3.8) is 0 Å². The highest BCUT2D eigenvalue weighted by Crippen LogP contribution is 2.47. The number of hydrogen-bond acceptors (Lipinski definition) is 5. The predicted octanol–water partition coefficient (Wildman–Crippen LogP) is 25.3. The van der Waals surface area contributed by atoms with Gasteiger partial charge in [-0.2, -0.15) is 0 Å². The number of unbranched alkanes of at least 4 members (excludes halogenated alkanes) is 15. The van der Waals surface area contributed by atoms with Crippen LogP contribution in [0.2, 0.25) is 0 Å². The Morgan fingerprint density at radius 1 is 0.330 bits per heavy atom. The third-order valence-corrected chi connectivity index (χ3v) is 20.4. The van der Waals surface area contributed by atoms with Gasteiger partial charge in [0, 0.05) is 11.1 Å². The summed E-state index contributed by atoms with van der Waals surface area (Å²) >= 11 is 0. The van der Waals surface area contributed by atoms with Gasteiger partial charge in [0.2, 0.25) is 0 Å². The van der Waals surface area contributed by atoms with Gasteiger partial charge in [-0.25, -0.2) is 0 Å². The summed E-state index contributed by atoms with van der Waals surface area (Å²) in [5, 5.41) is 35.7. The largest absolute Gasteiger partial charge is 0.507 e. The minimum Gasteiger partial charge on any atom is -0.507 e. The van der Waals surface area contributed by atoms with E-state index in [0.29, 0.717) is 48.7 Å². The van der Waals surface area contributed by atoms with Crippen molar-refractivity contribution >= 4 is 5.97 Å². The van der Waals surface area contributed by atoms with Crippen molar-refractivity contribution in [1.82, 2.24) is 0 Å². The van der Waals surface area contributed by atoms with Gasteiger partial charge in [-0.15, -0.1) is 0 Å². The highest BCUT2D eigenvalue weighted by Gasteiger charge is 2.35. The monoisotopic (exact) mass is 1290 g/mol. The molecule has 1 unspecified atom stereocenters. The number of rotatable bonds is 27. The summed E-state index contributed by atoms with van der Waals surface area (Å²) in [5.74, 6) is 1.28. The molecule has 0 heterocycles. The first-order chi connectivity index (χ1) is 43.1. The van der Waals surface area contributed by atoms with Crippen LogP contribution in [0.5, 0.6) is 23.0 Å². The van der Waals surface area contributed by atoms with Crippen molar-refractivity contribution in [2.45, 2.75) is 372 Å². The van der Waals surface area contributed by atoms with Gasteiger partial charge in [-0.1, -0.05) is 324 Å². The van der Waals surface area contributed by atoms with Crippen LogP contribution < -0.4 is 4.74 Å². The molecule has 0 radical (unpaired) electrons. The average molecular weight is 1290 g/mol. The van der Waals surface area contributed by atoms with Crippen LogP contribution in [0.25, 0.3) is 0 Å². The first-order valence-corrected chi connectivity index (χ1v) is 37.2. The molecule has 5 nitrogen and oxygen atoms in total. The molecular formula is C89H138O5. The van der Waals surface area contributed by atoms with E-state index >= 15 is 4.79 Å². The van der Waals surface area contributed by atoms with E-state index in [1.165, 1.54) is 140 Å². The second-order valence-corrected chi connectivity index (χ2v) is 37.4. The Morgan fingerprint density at radius 3 is 0.777 bits per heavy atom. The molecule has 524 valence electrons. The second kappa shape index (κ2) is 31.7. The van der Waals surface area contributed by atoms with Gasteiger partial charge in [0.25, 0.3) is 0 Å². The number of hydrogen-bond donors (Lipinski definition) is 3. The fourth-order valence-corrected chi connectivity index (χ4v) is 14.4. The van der Waals surface area contributed by atoms with E-state index in [-0.39, 0.29) is 55.2 Å². The molecular weight excluding hydrogens is 1150 g/mol. The third kappa shape index (κ3) is 21.5. The average Bonchev–Trinajstić information content (AvgIpc) is 0.771. The van der Waals surface area contributed by atoms with Gasteiger partial charge < -0.3 is 20.1 Å². The van der Waals surface area contributed by atoms with Crippen LogP contribution in [-0.4, -0.2) is 21.3 Å². The zero-order chi connectivity index (χ0) is 71.1. The summed E-state index contributed by atoms with van der Waals surface area (Å²) in [7, 11) is 0. The fraction of sp³-hybridized carbons (Fsp3) is 0.652. The molecule has 94 heavy (non-hydrogen) atoms. The third-order valence-electron chi connectivity index (χ3n) is 20.4. The van der Waals surface area contributed by atoms with Gasteiger partial charge in [-0.05, 0) is 185 Å². The number of carbonyl (C=O) groups is 1. The van der Waals surface area contributed by atoms with Crippen molar-refractivity contribution in [3.8, 4) is 23.0 Å². The standard InChI is InChI=1S/C89H138O5/c1-29-30-31-32-33-34-35-36-37-38-39-40-41-42-43-44-45-65(46-61-50-69(82(5,6)7)77(90)70(51-61)83(8,9)10)81(93)94-80-75(88(23,24)25)56-64(57-76(80)89(26,27)28)49-68-59(3)66(47-62-52-71(84(11,12)13)78(91)72(53-62)85(14,15)16)58(2)67(60(68)4)48-63-54-73(86(17,18)19)79(92)74(55-63)87(20,21)22/h50-57,65,90-92H,29-49H2,1-28H3. The molecule has 0 fully saturated rings. The van der Waals surface area contributed by atoms with Gasteiger partial charge in [-0.3, -0.25) is 4.79 Å². The minimum absolute atomic E-state index is 0.177. The summed E-state index contributed by atoms with van der Waals surface area (Å²) in [5.41, 5.74) is 17.7. The van der Waals surface area contributed by atoms with E-state index in [1.54, 1.807) is 0 Å². The minimum atomic E-state index is -0.383. The maximum absolute atomic E-state index is 15.6. The highest BCUT2D eigenvalue weighted by atomic mass is 16.5. The highest BCUT2D eigenvalue weighted by molar-refractivity contribution is 5.77. The number of benzene rings is 5. The first kappa shape index (κ1) is 79.7. The van der Waals surface area contributed by atoms with Crippen LogP contribution >= 0.6 is 0 Å². The van der Waals surface area contributed by atoms with Crippen molar-refractivity contribution in [1.29, 1.82) is 0 Å². The maximum Gasteiger partial charge on any atom is 0.314 e. The lowest BCUT2D eigenvalue weighted by atomic mass is 9.75. The van der Waals surface area contributed by atoms with Crippen LogP contribution in [0, 0.1) is 26.7 Å². The van der Waals surface area contributed by atoms with E-state index in [0.717, 1.165) is 69.3 Å². The zero-order valence-corrected chi connectivity index (χ0v) is 65.7. The fourth-order valence-electron chi connectivity index (χ4n) is 14.4. The number of phenols is 3. The summed E-state index contributed by atoms with van der Waals surface area (Å²) in [6.45, 7) is 62.1. The number of phenolic OH excluding ortho intramolecular Hbond substituents is 3. The molecule has 5 heteroatoms. The van der Waals surface area contributed by atoms with Gasteiger partial charge in [0.05, 0.1) is 5.92 Å². The van der Waals surface area contributed by atoms with Crippen molar-refractivity contribution in [3.05, 3.63) is 149 Å². The molecule has 0 saturated carbocycles. The smallest absolute Gasteiger partial charge is 0.314 e. The maximum atomic E-state index is 15.6. The normalized spacial score (nSPS) is 13.5. The van der Waals surface area contributed by atoms with Crippen molar-refractivity contribution < 1.29 is 24.9 Å². The molecule has 1 atom stereocenters. The van der Waals surface area contributed by atoms with Crippen LogP contribution in [0.4, 0.5) is 0 Å². The quantitative estimate of drug-likeness (QED) is 0.0277. The van der Waals surface area contributed by atoms with Gasteiger partial charge >= 0.3 is 5.97 Å². The lowest BCUT2D eigenvalue weighted by Gasteiger charge is -2.32. The summed E-state index contributed by atoms with van der Waals surface area (Å²) in [4.78, 5) is 15.6. The van der Waals surface area contributed by atoms with E-state index in [4.69, 9.17) is 4.74 Å². The van der Waals surface area contributed by atoms with Crippen LogP contribution in [0.3, 0.4) is 0 Å². The Balaban J connectivity index is 1.64. The summed E-state index contributed by atoms with van der Waals surface area (Å²) < 4.78 is 7.13. The number of ether oxygens (including phenoxy) is 1. The zero-order valence-electron chi connectivity index (χ0n) is 65.7. The molecule has 5 rings (SSSR count). The Hall–Kier alpha value is -5.03. The molecule has 0 aliphatic rings. The van der Waals surface area contributed by atoms with E-state index in [9.17, 15) is 15.3 Å². The molecule has 5 aromatic rings. The molecule has 3 N–H and O–H groups in total. The van der Waals surface area contributed by atoms with Gasteiger partial charge in [0.15, 0.2) is 0 Å². The molecule has 5 aromatic carbocycles. The predicted molar refractivity (Wildman–Crippen MR) is 406 cm³/mol. The number of aromatic hydroxyl groups is 3. The Labute approximate surface area is 577 Å². The van der Waals surface area contributed by atoms with Crippen LogP contribution in [0.15, 0.2) is 48.5 Å². The molecule has 0 aliphatic heterocycles. The Bertz CT molecular complexity index is 3090. The van der Waals surface area contributed by atoms with Gasteiger partial charge in [0.1, 0.15) is 23.0 Å².